The molecule has 2 atom stereocenters. The average Bonchev–Trinajstić information content (AvgIpc) is 3.12. The van der Waals surface area contributed by atoms with Crippen LogP contribution in [0.4, 0.5) is 0 Å². The first kappa shape index (κ1) is 17.5. The quantitative estimate of drug-likeness (QED) is 0.769. The number of hydrogen-bond donors (Lipinski definition) is 0. The van der Waals surface area contributed by atoms with Gasteiger partial charge in [0.25, 0.3) is 0 Å². The first-order chi connectivity index (χ1) is 11.7. The lowest BCUT2D eigenvalue weighted by atomic mass is 9.98. The van der Waals surface area contributed by atoms with Crippen molar-refractivity contribution in [3.05, 3.63) is 23.7 Å². The Morgan fingerprint density at radius 1 is 1.29 bits per heavy atom. The summed E-state index contributed by atoms with van der Waals surface area (Å²) in [7, 11) is 1.37. The Morgan fingerprint density at radius 3 is 2.83 bits per heavy atom. The Labute approximate surface area is 143 Å². The normalized spacial score (nSPS) is 24.7. The third-order valence-corrected chi connectivity index (χ3v) is 5.17. The number of morpholine rings is 1. The highest BCUT2D eigenvalue weighted by atomic mass is 16.5. The van der Waals surface area contributed by atoms with Gasteiger partial charge < -0.3 is 13.9 Å². The molecule has 2 aliphatic rings. The third kappa shape index (κ3) is 3.99. The maximum Gasteiger partial charge on any atom is 0.373 e. The first-order valence-electron chi connectivity index (χ1n) is 8.93. The van der Waals surface area contributed by atoms with Crippen LogP contribution < -0.4 is 0 Å². The second kappa shape index (κ2) is 8.14. The lowest BCUT2D eigenvalue weighted by Gasteiger charge is -2.42. The molecule has 0 bridgehead atoms. The number of likely N-dealkylation sites (tertiary alicyclic amines) is 1. The molecule has 3 heterocycles. The molecule has 3 rings (SSSR count). The van der Waals surface area contributed by atoms with Gasteiger partial charge in [-0.1, -0.05) is 6.42 Å². The number of nitrogens with zero attached hydrogens (tertiary/aromatic N) is 2. The molecule has 0 aliphatic carbocycles. The Hall–Kier alpha value is -1.37. The van der Waals surface area contributed by atoms with Crippen molar-refractivity contribution >= 4 is 5.97 Å². The van der Waals surface area contributed by atoms with Gasteiger partial charge in [0.15, 0.2) is 0 Å². The number of hydrogen-bond acceptors (Lipinski definition) is 6. The minimum Gasteiger partial charge on any atom is -0.463 e. The topological polar surface area (TPSA) is 55.2 Å². The molecule has 2 saturated heterocycles. The molecule has 0 radical (unpaired) electrons. The van der Waals surface area contributed by atoms with Crippen molar-refractivity contribution in [3.8, 4) is 0 Å². The van der Waals surface area contributed by atoms with Gasteiger partial charge in [-0.05, 0) is 38.4 Å². The van der Waals surface area contributed by atoms with Gasteiger partial charge in [0.05, 0.1) is 26.4 Å². The largest absolute Gasteiger partial charge is 0.463 e. The molecular formula is C18H28N2O4. The molecule has 1 aromatic rings. The van der Waals surface area contributed by atoms with Crippen molar-refractivity contribution in [2.75, 3.05) is 46.5 Å². The summed E-state index contributed by atoms with van der Waals surface area (Å²) in [6.07, 6.45) is 3.71. The smallest absolute Gasteiger partial charge is 0.373 e. The molecular weight excluding hydrogens is 308 g/mol. The minimum atomic E-state index is -0.419. The summed E-state index contributed by atoms with van der Waals surface area (Å²) >= 11 is 0. The Balaban J connectivity index is 1.67. The summed E-state index contributed by atoms with van der Waals surface area (Å²) in [5, 5.41) is 0. The van der Waals surface area contributed by atoms with E-state index in [4.69, 9.17) is 13.9 Å². The second-order valence-corrected chi connectivity index (χ2v) is 6.67. The molecule has 6 heteroatoms. The van der Waals surface area contributed by atoms with Gasteiger partial charge in [0, 0.05) is 25.7 Å². The van der Waals surface area contributed by atoms with Gasteiger partial charge in [-0.3, -0.25) is 9.80 Å². The van der Waals surface area contributed by atoms with E-state index >= 15 is 0 Å². The van der Waals surface area contributed by atoms with Gasteiger partial charge in [0.2, 0.25) is 5.76 Å². The number of esters is 1. The van der Waals surface area contributed by atoms with Gasteiger partial charge in [-0.2, -0.15) is 0 Å². The molecule has 0 amide bonds. The maximum absolute atomic E-state index is 11.6. The van der Waals surface area contributed by atoms with Crippen LogP contribution in [0.5, 0.6) is 0 Å². The predicted molar refractivity (Wildman–Crippen MR) is 90.1 cm³/mol. The summed E-state index contributed by atoms with van der Waals surface area (Å²) in [5.41, 5.74) is 0. The summed E-state index contributed by atoms with van der Waals surface area (Å²) in [6.45, 7) is 8.03. The Morgan fingerprint density at radius 2 is 2.08 bits per heavy atom. The van der Waals surface area contributed by atoms with Crippen LogP contribution in [0.2, 0.25) is 0 Å². The first-order valence-corrected chi connectivity index (χ1v) is 8.93. The number of methoxy groups -OCH3 is 1. The molecule has 1 aromatic heterocycles. The highest BCUT2D eigenvalue weighted by Crippen LogP contribution is 2.30. The van der Waals surface area contributed by atoms with Crippen LogP contribution in [0.25, 0.3) is 0 Å². The van der Waals surface area contributed by atoms with Gasteiger partial charge in [-0.15, -0.1) is 0 Å². The fraction of sp³-hybridized carbons (Fsp3) is 0.722. The number of rotatable bonds is 5. The Kier molecular flexibility index (Phi) is 5.92. The van der Waals surface area contributed by atoms with Crippen molar-refractivity contribution in [1.29, 1.82) is 0 Å². The number of carbonyl (C=O) groups excluding carboxylic acids is 1. The standard InChI is InChI=1S/C18H28N2O4/c1-14(16-6-7-17(24-16)18(21)22-2)20-8-4-3-5-15(20)13-19-9-11-23-12-10-19/h6-7,14-15H,3-5,8-13H2,1-2H3/t14-,15-/m1/s1. The monoisotopic (exact) mass is 336 g/mol. The number of ether oxygens (including phenoxy) is 2. The van der Waals surface area contributed by atoms with E-state index in [-0.39, 0.29) is 11.8 Å². The SMILES string of the molecule is COC(=O)c1ccc([C@@H](C)N2CCCC[C@@H]2CN2CCOCC2)o1. The molecule has 24 heavy (non-hydrogen) atoms. The lowest BCUT2D eigenvalue weighted by Crippen LogP contribution is -2.50. The van der Waals surface area contributed by atoms with Gasteiger partial charge in [-0.25, -0.2) is 4.79 Å². The van der Waals surface area contributed by atoms with Gasteiger partial charge in [0.1, 0.15) is 5.76 Å². The summed E-state index contributed by atoms with van der Waals surface area (Å²) < 4.78 is 15.9. The van der Waals surface area contributed by atoms with E-state index in [1.807, 2.05) is 6.07 Å². The van der Waals surface area contributed by atoms with E-state index in [0.29, 0.717) is 6.04 Å². The molecule has 0 saturated carbocycles. The van der Waals surface area contributed by atoms with E-state index in [2.05, 4.69) is 16.7 Å². The van der Waals surface area contributed by atoms with Crippen molar-refractivity contribution in [2.24, 2.45) is 0 Å². The highest BCUT2D eigenvalue weighted by Gasteiger charge is 2.31. The number of furan rings is 1. The second-order valence-electron chi connectivity index (χ2n) is 6.67. The molecule has 2 aliphatic heterocycles. The zero-order valence-electron chi connectivity index (χ0n) is 14.7. The van der Waals surface area contributed by atoms with Crippen LogP contribution in [-0.4, -0.2) is 68.3 Å². The van der Waals surface area contributed by atoms with E-state index < -0.39 is 5.97 Å². The maximum atomic E-state index is 11.6. The zero-order valence-corrected chi connectivity index (χ0v) is 14.7. The zero-order chi connectivity index (χ0) is 16.9. The number of carbonyl (C=O) groups is 1. The summed E-state index contributed by atoms with van der Waals surface area (Å²) in [5.74, 6) is 0.697. The van der Waals surface area contributed by atoms with E-state index in [9.17, 15) is 4.79 Å². The predicted octanol–water partition coefficient (Wildman–Crippen LogP) is 2.31. The molecule has 2 fully saturated rings. The molecule has 0 spiro atoms. The molecule has 0 unspecified atom stereocenters. The fourth-order valence-corrected chi connectivity index (χ4v) is 3.76. The van der Waals surface area contributed by atoms with Crippen LogP contribution in [0.15, 0.2) is 16.5 Å². The lowest BCUT2D eigenvalue weighted by molar-refractivity contribution is 0.00685. The molecule has 0 N–H and O–H groups in total. The van der Waals surface area contributed by atoms with Crippen LogP contribution in [0.1, 0.15) is 48.5 Å². The van der Waals surface area contributed by atoms with E-state index in [0.717, 1.165) is 45.2 Å². The molecule has 6 nitrogen and oxygen atoms in total. The molecule has 0 aromatic carbocycles. The highest BCUT2D eigenvalue weighted by molar-refractivity contribution is 5.86. The van der Waals surface area contributed by atoms with Crippen molar-refractivity contribution in [3.63, 3.8) is 0 Å². The van der Waals surface area contributed by atoms with Crippen molar-refractivity contribution in [1.82, 2.24) is 9.80 Å². The van der Waals surface area contributed by atoms with Crippen molar-refractivity contribution < 1.29 is 18.7 Å². The molecule has 134 valence electrons. The summed E-state index contributed by atoms with van der Waals surface area (Å²) in [4.78, 5) is 16.6. The third-order valence-electron chi connectivity index (χ3n) is 5.17. The van der Waals surface area contributed by atoms with E-state index in [1.165, 1.54) is 26.4 Å². The minimum absolute atomic E-state index is 0.162. The fourth-order valence-electron chi connectivity index (χ4n) is 3.76. The number of piperidine rings is 1. The van der Waals surface area contributed by atoms with Crippen LogP contribution >= 0.6 is 0 Å². The van der Waals surface area contributed by atoms with Crippen LogP contribution in [0, 0.1) is 0 Å². The average molecular weight is 336 g/mol. The Bertz CT molecular complexity index is 539. The van der Waals surface area contributed by atoms with Crippen LogP contribution in [0.3, 0.4) is 0 Å². The van der Waals surface area contributed by atoms with Gasteiger partial charge >= 0.3 is 5.97 Å². The van der Waals surface area contributed by atoms with Crippen LogP contribution in [-0.2, 0) is 9.47 Å². The van der Waals surface area contributed by atoms with E-state index in [1.54, 1.807) is 6.07 Å². The summed E-state index contributed by atoms with van der Waals surface area (Å²) in [6, 6.07) is 4.30. The van der Waals surface area contributed by atoms with Crippen molar-refractivity contribution in [2.45, 2.75) is 38.3 Å².